The zero-order valence-electron chi connectivity index (χ0n) is 53.2. The van der Waals surface area contributed by atoms with Crippen molar-refractivity contribution in [3.63, 3.8) is 0 Å². The van der Waals surface area contributed by atoms with Crippen LogP contribution in [0.3, 0.4) is 0 Å². The van der Waals surface area contributed by atoms with Crippen LogP contribution in [0.1, 0.15) is 147 Å². The number of hydrogen-bond acceptors (Lipinski definition) is 16. The topological polar surface area (TPSA) is 240 Å². The van der Waals surface area contributed by atoms with E-state index in [2.05, 4.69) is 21.3 Å². The Balaban J connectivity index is 3.47. The molecule has 8 amide bonds. The summed E-state index contributed by atoms with van der Waals surface area (Å²) in [6.07, 6.45) is 6.56. The van der Waals surface area contributed by atoms with Gasteiger partial charge < -0.3 is 94.0 Å². The van der Waals surface area contributed by atoms with Crippen LogP contribution in [-0.4, -0.2) is 237 Å². The maximum atomic E-state index is 14.2. The molecule has 0 aromatic heterocycles. The first-order valence-corrected chi connectivity index (χ1v) is 39.2. The van der Waals surface area contributed by atoms with Crippen LogP contribution in [0.25, 0.3) is 0 Å². The third-order valence-corrected chi connectivity index (χ3v) is 25.9. The van der Waals surface area contributed by atoms with Crippen LogP contribution < -0.4 is 21.3 Å². The normalized spacial score (nSPS) is 14.7. The Bertz CT molecular complexity index is 1350. The van der Waals surface area contributed by atoms with E-state index in [4.69, 9.17) is 53.1 Å². The molecule has 82 heavy (non-hydrogen) atoms. The largest absolute Gasteiger partial charge is 0.500 e. The van der Waals surface area contributed by atoms with Crippen molar-refractivity contribution in [2.75, 3.05) is 158 Å². The molecule has 0 bridgehead atoms. The van der Waals surface area contributed by atoms with Gasteiger partial charge in [-0.15, -0.1) is 0 Å². The van der Waals surface area contributed by atoms with Gasteiger partial charge in [0, 0.05) is 182 Å². The van der Waals surface area contributed by atoms with Gasteiger partial charge in [-0.1, -0.05) is 0 Å². The van der Waals surface area contributed by atoms with Crippen molar-refractivity contribution >= 4 is 59.3 Å². The van der Waals surface area contributed by atoms with Crippen molar-refractivity contribution in [2.45, 2.75) is 171 Å². The number of carbonyl (C=O) groups is 4. The number of rotatable bonds is 44. The Hall–Kier alpha value is -2.53. The SMILES string of the molecule is CCO[Si](CCCCNC(=O)N1CCCN(C(=O)NCCCC[Si](OCC)(OCC)OCC)CCN(C(=O)NCCCC[Si](OCC)(OCC)OCC)CCCN(C(=O)NCCCC[Si](OCC)(OCC)OCC)CC1)(OCC)OCC. The van der Waals surface area contributed by atoms with Gasteiger partial charge in [0.15, 0.2) is 0 Å². The van der Waals surface area contributed by atoms with Gasteiger partial charge in [-0.2, -0.15) is 0 Å². The molecule has 1 fully saturated rings. The van der Waals surface area contributed by atoms with E-state index in [9.17, 15) is 19.2 Å². The van der Waals surface area contributed by atoms with Crippen molar-refractivity contribution in [3.05, 3.63) is 0 Å². The lowest BCUT2D eigenvalue weighted by atomic mass is 10.3. The second-order valence-corrected chi connectivity index (χ2v) is 30.3. The molecule has 0 atom stereocenters. The minimum atomic E-state index is -2.84. The maximum Gasteiger partial charge on any atom is 0.500 e. The first-order valence-electron chi connectivity index (χ1n) is 31.5. The highest BCUT2D eigenvalue weighted by molar-refractivity contribution is 6.61. The van der Waals surface area contributed by atoms with E-state index in [-0.39, 0.29) is 50.3 Å². The summed E-state index contributed by atoms with van der Waals surface area (Å²) in [6.45, 7) is 33.0. The molecule has 28 heteroatoms. The Labute approximate surface area is 499 Å². The Kier molecular flexibility index (Phi) is 45.0. The van der Waals surface area contributed by atoms with E-state index in [1.54, 1.807) is 19.6 Å². The quantitative estimate of drug-likeness (QED) is 0.0332. The fraction of sp³-hybridized carbons (Fsp3) is 0.926. The number of nitrogens with one attached hydrogen (secondary N) is 4. The lowest BCUT2D eigenvalue weighted by molar-refractivity contribution is 0.0699. The number of nitrogens with zero attached hydrogens (tertiary/aromatic N) is 4. The summed E-state index contributed by atoms with van der Waals surface area (Å²) in [4.78, 5) is 63.6. The van der Waals surface area contributed by atoms with Crippen LogP contribution in [0.4, 0.5) is 19.2 Å². The summed E-state index contributed by atoms with van der Waals surface area (Å²) < 4.78 is 72.7. The molecular formula is C54H116N8O16Si4. The number of carbonyl (C=O) groups excluding carboxylic acids is 4. The Morgan fingerprint density at radius 1 is 0.268 bits per heavy atom. The molecular weight excluding hydrogens is 1130 g/mol. The Morgan fingerprint density at radius 3 is 0.573 bits per heavy atom. The van der Waals surface area contributed by atoms with Gasteiger partial charge >= 0.3 is 59.3 Å². The minimum Gasteiger partial charge on any atom is -0.374 e. The van der Waals surface area contributed by atoms with Crippen molar-refractivity contribution < 1.29 is 72.3 Å². The van der Waals surface area contributed by atoms with Crippen molar-refractivity contribution in [3.8, 4) is 0 Å². The molecule has 4 N–H and O–H groups in total. The number of unbranched alkanes of at least 4 members (excludes halogenated alkanes) is 4. The van der Waals surface area contributed by atoms with Crippen LogP contribution >= 0.6 is 0 Å². The van der Waals surface area contributed by atoms with Gasteiger partial charge in [0.05, 0.1) is 0 Å². The van der Waals surface area contributed by atoms with Crippen LogP contribution in [0, 0.1) is 0 Å². The average molecular weight is 1250 g/mol. The number of urea groups is 4. The molecule has 0 aromatic carbocycles. The fourth-order valence-corrected chi connectivity index (χ4v) is 20.5. The van der Waals surface area contributed by atoms with Crippen LogP contribution in [0.15, 0.2) is 0 Å². The van der Waals surface area contributed by atoms with Crippen LogP contribution in [-0.2, 0) is 53.1 Å². The predicted molar refractivity (Wildman–Crippen MR) is 328 cm³/mol. The highest BCUT2D eigenvalue weighted by atomic mass is 28.4. The molecule has 0 saturated carbocycles. The van der Waals surface area contributed by atoms with Crippen molar-refractivity contribution in [1.82, 2.24) is 40.9 Å². The van der Waals surface area contributed by atoms with E-state index >= 15 is 0 Å². The highest BCUT2D eigenvalue weighted by Gasteiger charge is 2.42. The fourth-order valence-electron chi connectivity index (χ4n) is 9.75. The van der Waals surface area contributed by atoms with Gasteiger partial charge in [-0.05, 0) is 147 Å². The standard InChI is InChI=1S/C54H116N8O16Si4/c1-13-67-79(68-14-2,69-15-3)47-29-25-35-55-51(63)59-39-33-40-61(53(65)57-37-27-31-49-81(73-19-7,74-20-8)75-21-9)45-46-62(54(66)58-38-28-32-50-82(76-22-10,77-23-11)78-24-12)42-34-41-60(44-43-59)52(64)56-36-26-30-48-80(70-16-4,71-17-5)72-18-6/h13-50H2,1-12H3,(H,55,63)(H,56,64)(H,57,65)(H,58,66). The van der Waals surface area contributed by atoms with Gasteiger partial charge in [-0.3, -0.25) is 0 Å². The average Bonchev–Trinajstić information content (AvgIpc) is 3.45. The van der Waals surface area contributed by atoms with E-state index in [1.807, 2.05) is 83.1 Å². The minimum absolute atomic E-state index is 0.242. The summed E-state index contributed by atoms with van der Waals surface area (Å²) in [6, 6.07) is 1.51. The molecule has 1 saturated heterocycles. The molecule has 1 aliphatic heterocycles. The third-order valence-electron chi connectivity index (χ3n) is 13.3. The zero-order chi connectivity index (χ0) is 60.8. The van der Waals surface area contributed by atoms with Crippen LogP contribution in [0.2, 0.25) is 24.2 Å². The third kappa shape index (κ3) is 31.7. The second kappa shape index (κ2) is 47.6. The molecule has 484 valence electrons. The summed E-state index contributed by atoms with van der Waals surface area (Å²) in [7, 11) is -11.4. The van der Waals surface area contributed by atoms with Crippen LogP contribution in [0.5, 0.6) is 0 Å². The number of amides is 8. The molecule has 1 aliphatic rings. The lowest BCUT2D eigenvalue weighted by Gasteiger charge is -2.32. The lowest BCUT2D eigenvalue weighted by Crippen LogP contribution is -2.51. The molecule has 24 nitrogen and oxygen atoms in total. The zero-order valence-corrected chi connectivity index (χ0v) is 57.2. The monoisotopic (exact) mass is 1240 g/mol. The molecule has 0 unspecified atom stereocenters. The molecule has 1 rings (SSSR count). The maximum absolute atomic E-state index is 14.2. The van der Waals surface area contributed by atoms with Gasteiger partial charge in [0.25, 0.3) is 0 Å². The van der Waals surface area contributed by atoms with E-state index in [0.29, 0.717) is 194 Å². The number of hydrogen-bond donors (Lipinski definition) is 4. The van der Waals surface area contributed by atoms with E-state index in [1.165, 1.54) is 0 Å². The summed E-state index contributed by atoms with van der Waals surface area (Å²) in [5.41, 5.74) is 0. The van der Waals surface area contributed by atoms with Crippen molar-refractivity contribution in [2.24, 2.45) is 0 Å². The molecule has 0 spiro atoms. The summed E-state index contributed by atoms with van der Waals surface area (Å²) in [5.74, 6) is 0. The molecule has 0 radical (unpaired) electrons. The molecule has 0 aliphatic carbocycles. The smallest absolute Gasteiger partial charge is 0.374 e. The first-order chi connectivity index (χ1) is 39.7. The first kappa shape index (κ1) is 77.5. The van der Waals surface area contributed by atoms with Gasteiger partial charge in [-0.25, -0.2) is 19.2 Å². The van der Waals surface area contributed by atoms with Gasteiger partial charge in [0.2, 0.25) is 0 Å². The molecule has 0 aromatic rings. The highest BCUT2D eigenvalue weighted by Crippen LogP contribution is 2.23. The Morgan fingerprint density at radius 2 is 0.427 bits per heavy atom. The summed E-state index contributed by atoms with van der Waals surface area (Å²) >= 11 is 0. The van der Waals surface area contributed by atoms with Crippen molar-refractivity contribution in [1.29, 1.82) is 0 Å². The predicted octanol–water partition coefficient (Wildman–Crippen LogP) is 8.14. The van der Waals surface area contributed by atoms with E-state index in [0.717, 1.165) is 25.7 Å². The summed E-state index contributed by atoms with van der Waals surface area (Å²) in [5, 5.41) is 12.5. The van der Waals surface area contributed by atoms with Gasteiger partial charge in [0.1, 0.15) is 0 Å². The van der Waals surface area contributed by atoms with E-state index < -0.39 is 35.2 Å². The second-order valence-electron chi connectivity index (χ2n) is 19.3. The molecule has 1 heterocycles.